The molecule has 0 aromatic carbocycles. The number of carbonyl (C=O) groups excluding carboxylic acids is 4. The summed E-state index contributed by atoms with van der Waals surface area (Å²) in [5.74, 6) is -4.77. The number of aromatic nitrogens is 2. The van der Waals surface area contributed by atoms with Crippen molar-refractivity contribution < 1.29 is 34.2 Å². The van der Waals surface area contributed by atoms with Crippen molar-refractivity contribution in [3.8, 4) is 0 Å². The van der Waals surface area contributed by atoms with Gasteiger partial charge in [-0.05, 0) is 26.2 Å². The molecule has 14 N–H and O–H groups in total. The van der Waals surface area contributed by atoms with E-state index in [9.17, 15) is 34.2 Å². The first-order chi connectivity index (χ1) is 17.8. The van der Waals surface area contributed by atoms with Crippen LogP contribution in [0.25, 0.3) is 0 Å². The number of hydrogen-bond donors (Lipinski definition) is 10. The molecule has 0 fully saturated rings. The van der Waals surface area contributed by atoms with Gasteiger partial charge in [-0.2, -0.15) is 0 Å². The fourth-order valence-corrected chi connectivity index (χ4v) is 3.17. The summed E-state index contributed by atoms with van der Waals surface area (Å²) >= 11 is 0. The number of carboxylic acid groups (broad SMARTS) is 1. The maximum atomic E-state index is 13.1. The van der Waals surface area contributed by atoms with E-state index < -0.39 is 59.9 Å². The van der Waals surface area contributed by atoms with Crippen LogP contribution in [0.15, 0.2) is 17.5 Å². The van der Waals surface area contributed by atoms with Crippen molar-refractivity contribution in [1.82, 2.24) is 25.9 Å². The number of amides is 4. The molecule has 5 unspecified atom stereocenters. The van der Waals surface area contributed by atoms with Gasteiger partial charge in [0.1, 0.15) is 24.2 Å². The van der Waals surface area contributed by atoms with Gasteiger partial charge in [0, 0.05) is 31.3 Å². The summed E-state index contributed by atoms with van der Waals surface area (Å²) in [4.78, 5) is 71.9. The highest BCUT2D eigenvalue weighted by molar-refractivity contribution is 5.94. The zero-order valence-corrected chi connectivity index (χ0v) is 20.9. The predicted molar refractivity (Wildman–Crippen MR) is 134 cm³/mol. The fraction of sp³-hybridized carbons (Fsp3) is 0.571. The predicted octanol–water partition coefficient (Wildman–Crippen LogP) is -4.48. The molecule has 0 spiro atoms. The maximum Gasteiger partial charge on any atom is 0.326 e. The monoisotopic (exact) mass is 540 g/mol. The molecule has 0 aliphatic heterocycles. The van der Waals surface area contributed by atoms with E-state index in [0.29, 0.717) is 5.69 Å². The number of aliphatic imine (C=N–C) groups is 1. The third kappa shape index (κ3) is 11.7. The van der Waals surface area contributed by atoms with Crippen LogP contribution < -0.4 is 38.9 Å². The van der Waals surface area contributed by atoms with E-state index in [2.05, 4.69) is 30.9 Å². The van der Waals surface area contributed by atoms with E-state index in [4.69, 9.17) is 22.9 Å². The number of H-pyrrole nitrogens is 1. The van der Waals surface area contributed by atoms with E-state index >= 15 is 0 Å². The molecule has 1 rings (SSSR count). The number of rotatable bonds is 17. The van der Waals surface area contributed by atoms with Gasteiger partial charge < -0.3 is 54.1 Å². The molecule has 0 saturated heterocycles. The number of nitrogens with one attached hydrogen (secondary N) is 4. The van der Waals surface area contributed by atoms with Gasteiger partial charge in [-0.3, -0.25) is 24.2 Å². The average Bonchev–Trinajstić information content (AvgIpc) is 3.34. The lowest BCUT2D eigenvalue weighted by atomic mass is 10.1. The van der Waals surface area contributed by atoms with Gasteiger partial charge >= 0.3 is 5.97 Å². The van der Waals surface area contributed by atoms with Gasteiger partial charge in [0.15, 0.2) is 5.96 Å². The van der Waals surface area contributed by atoms with Crippen LogP contribution in [0.5, 0.6) is 0 Å². The summed E-state index contributed by atoms with van der Waals surface area (Å²) in [6.45, 7) is 1.43. The quantitative estimate of drug-likeness (QED) is 0.0510. The molecular weight excluding hydrogens is 504 g/mol. The standard InChI is InChI=1S/C21H36N10O7/c1-10(32)16(23)19(36)29-12(4-5-15(22)33)17(34)31-14(7-11-8-26-9-28-11)18(35)30-13(20(37)38)3-2-6-27-21(24)25/h8-10,12-14,16,32H,2-7,23H2,1H3,(H2,22,33)(H,26,28)(H,29,36)(H,30,35)(H,31,34)(H,37,38)(H4,24,25,27). The van der Waals surface area contributed by atoms with E-state index in [1.807, 2.05) is 0 Å². The van der Waals surface area contributed by atoms with E-state index in [0.717, 1.165) is 0 Å². The third-order valence-corrected chi connectivity index (χ3v) is 5.31. The molecular formula is C21H36N10O7. The lowest BCUT2D eigenvalue weighted by Crippen LogP contribution is -2.58. The third-order valence-electron chi connectivity index (χ3n) is 5.31. The van der Waals surface area contributed by atoms with Crippen LogP contribution in [-0.4, -0.2) is 92.6 Å². The molecule has 0 saturated carbocycles. The Morgan fingerprint density at radius 3 is 2.13 bits per heavy atom. The van der Waals surface area contributed by atoms with Crippen LogP contribution in [0.2, 0.25) is 0 Å². The van der Waals surface area contributed by atoms with Crippen molar-refractivity contribution in [2.24, 2.45) is 27.9 Å². The molecule has 17 heteroatoms. The number of nitrogens with zero attached hydrogens (tertiary/aromatic N) is 2. The van der Waals surface area contributed by atoms with Crippen LogP contribution >= 0.6 is 0 Å². The van der Waals surface area contributed by atoms with Crippen LogP contribution in [0.1, 0.15) is 38.3 Å². The van der Waals surface area contributed by atoms with Gasteiger partial charge in [-0.1, -0.05) is 0 Å². The van der Waals surface area contributed by atoms with Crippen LogP contribution in [0, 0.1) is 0 Å². The summed E-state index contributed by atoms with van der Waals surface area (Å²) < 4.78 is 0. The molecule has 212 valence electrons. The van der Waals surface area contributed by atoms with Crippen LogP contribution in [0.3, 0.4) is 0 Å². The Labute approximate surface area is 218 Å². The number of aliphatic hydroxyl groups excluding tert-OH is 1. The highest BCUT2D eigenvalue weighted by atomic mass is 16.4. The van der Waals surface area contributed by atoms with Crippen molar-refractivity contribution >= 4 is 35.6 Å². The number of primary amides is 1. The van der Waals surface area contributed by atoms with Crippen molar-refractivity contribution in [1.29, 1.82) is 0 Å². The number of aromatic amines is 1. The zero-order chi connectivity index (χ0) is 28.8. The van der Waals surface area contributed by atoms with Gasteiger partial charge in [0.05, 0.1) is 12.4 Å². The Morgan fingerprint density at radius 1 is 1.00 bits per heavy atom. The fourth-order valence-electron chi connectivity index (χ4n) is 3.17. The smallest absolute Gasteiger partial charge is 0.326 e. The molecule has 4 amide bonds. The topological polar surface area (TPSA) is 307 Å². The first kappa shape index (κ1) is 31.8. The van der Waals surface area contributed by atoms with Gasteiger partial charge in [0.2, 0.25) is 23.6 Å². The SMILES string of the molecule is CC(O)C(N)C(=O)NC(CCC(N)=O)C(=O)NC(Cc1cnc[nH]1)C(=O)NC(CCCN=C(N)N)C(=O)O. The Kier molecular flexibility index (Phi) is 13.2. The molecule has 0 aliphatic rings. The average molecular weight is 541 g/mol. The second-order valence-corrected chi connectivity index (χ2v) is 8.52. The largest absolute Gasteiger partial charge is 0.480 e. The normalized spacial score (nSPS) is 14.7. The minimum absolute atomic E-state index is 0.00287. The van der Waals surface area contributed by atoms with E-state index in [-0.39, 0.29) is 44.6 Å². The summed E-state index contributed by atoms with van der Waals surface area (Å²) in [5, 5.41) is 26.3. The lowest BCUT2D eigenvalue weighted by molar-refractivity contribution is -0.142. The van der Waals surface area contributed by atoms with E-state index in [1.165, 1.54) is 19.4 Å². The molecule has 0 radical (unpaired) electrons. The number of carboxylic acids is 1. The number of guanidine groups is 1. The number of imidazole rings is 1. The van der Waals surface area contributed by atoms with Crippen molar-refractivity contribution in [3.63, 3.8) is 0 Å². The second kappa shape index (κ2) is 15.8. The Hall–Kier alpha value is -4.25. The maximum absolute atomic E-state index is 13.1. The van der Waals surface area contributed by atoms with Gasteiger partial charge in [-0.25, -0.2) is 9.78 Å². The highest BCUT2D eigenvalue weighted by Crippen LogP contribution is 2.06. The summed E-state index contributed by atoms with van der Waals surface area (Å²) in [5.41, 5.74) is 21.7. The van der Waals surface area contributed by atoms with Gasteiger partial charge in [-0.15, -0.1) is 0 Å². The van der Waals surface area contributed by atoms with Gasteiger partial charge in [0.25, 0.3) is 0 Å². The minimum atomic E-state index is -1.36. The number of aliphatic carboxylic acids is 1. The Balaban J connectivity index is 3.06. The Morgan fingerprint density at radius 2 is 1.61 bits per heavy atom. The number of carbonyl (C=O) groups is 5. The first-order valence-corrected chi connectivity index (χ1v) is 11.7. The molecule has 38 heavy (non-hydrogen) atoms. The second-order valence-electron chi connectivity index (χ2n) is 8.52. The lowest BCUT2D eigenvalue weighted by Gasteiger charge is -2.25. The van der Waals surface area contributed by atoms with E-state index in [1.54, 1.807) is 0 Å². The van der Waals surface area contributed by atoms with Crippen molar-refractivity contribution in [2.45, 2.75) is 69.3 Å². The number of aliphatic hydroxyl groups is 1. The highest BCUT2D eigenvalue weighted by Gasteiger charge is 2.31. The van der Waals surface area contributed by atoms with Crippen LogP contribution in [0.4, 0.5) is 0 Å². The number of hydrogen-bond acceptors (Lipinski definition) is 9. The minimum Gasteiger partial charge on any atom is -0.480 e. The summed E-state index contributed by atoms with van der Waals surface area (Å²) in [6.07, 6.45) is 1.16. The first-order valence-electron chi connectivity index (χ1n) is 11.7. The molecule has 1 aromatic heterocycles. The molecule has 0 bridgehead atoms. The molecule has 1 aromatic rings. The summed E-state index contributed by atoms with van der Waals surface area (Å²) in [7, 11) is 0. The molecule has 1 heterocycles. The Bertz CT molecular complexity index is 979. The van der Waals surface area contributed by atoms with Crippen molar-refractivity contribution in [2.75, 3.05) is 6.54 Å². The molecule has 17 nitrogen and oxygen atoms in total. The van der Waals surface area contributed by atoms with Crippen molar-refractivity contribution in [3.05, 3.63) is 18.2 Å². The zero-order valence-electron chi connectivity index (χ0n) is 20.9. The number of nitrogens with two attached hydrogens (primary N) is 4. The summed E-state index contributed by atoms with van der Waals surface area (Å²) in [6, 6.07) is -5.32. The molecule has 5 atom stereocenters. The molecule has 0 aliphatic carbocycles. The van der Waals surface area contributed by atoms with Crippen LogP contribution in [-0.2, 0) is 30.4 Å².